The van der Waals surface area contributed by atoms with E-state index in [4.69, 9.17) is 10.5 Å². The molecule has 104 valence electrons. The fourth-order valence-corrected chi connectivity index (χ4v) is 2.07. The van der Waals surface area contributed by atoms with Crippen molar-refractivity contribution in [2.45, 2.75) is 6.54 Å². The Bertz CT molecular complexity index is 597. The lowest BCUT2D eigenvalue weighted by Crippen LogP contribution is -2.27. The quantitative estimate of drug-likeness (QED) is 0.869. The Morgan fingerprint density at radius 1 is 1.15 bits per heavy atom. The van der Waals surface area contributed by atoms with Crippen molar-refractivity contribution < 1.29 is 9.53 Å². The van der Waals surface area contributed by atoms with Gasteiger partial charge in [0, 0.05) is 19.3 Å². The van der Waals surface area contributed by atoms with E-state index < -0.39 is 0 Å². The summed E-state index contributed by atoms with van der Waals surface area (Å²) >= 11 is 0. The van der Waals surface area contributed by atoms with Crippen LogP contribution in [0.1, 0.15) is 15.9 Å². The third kappa shape index (κ3) is 2.91. The summed E-state index contributed by atoms with van der Waals surface area (Å²) in [5.41, 5.74) is 7.80. The Morgan fingerprint density at radius 3 is 2.50 bits per heavy atom. The molecule has 2 rings (SSSR count). The lowest BCUT2D eigenvalue weighted by molar-refractivity contribution is 0.0783. The molecule has 0 aliphatic heterocycles. The van der Waals surface area contributed by atoms with Crippen LogP contribution in [0.3, 0.4) is 0 Å². The first-order valence-electron chi connectivity index (χ1n) is 6.35. The first-order chi connectivity index (χ1) is 9.63. The topological polar surface area (TPSA) is 55.6 Å². The van der Waals surface area contributed by atoms with Gasteiger partial charge in [0.2, 0.25) is 0 Å². The smallest absolute Gasteiger partial charge is 0.259 e. The standard InChI is InChI=1S/C16H18N2O2/c1-18(11-12-7-4-3-5-8-12)16(19)15-13(17)9-6-10-14(15)20-2/h3-10H,11,17H2,1-2H3. The van der Waals surface area contributed by atoms with E-state index in [-0.39, 0.29) is 5.91 Å². The van der Waals surface area contributed by atoms with Gasteiger partial charge in [-0.15, -0.1) is 0 Å². The lowest BCUT2D eigenvalue weighted by Gasteiger charge is -2.19. The Labute approximate surface area is 118 Å². The molecule has 0 aliphatic carbocycles. The van der Waals surface area contributed by atoms with Crippen molar-refractivity contribution >= 4 is 11.6 Å². The van der Waals surface area contributed by atoms with E-state index >= 15 is 0 Å². The molecule has 0 radical (unpaired) electrons. The second-order valence-corrected chi connectivity index (χ2v) is 4.57. The van der Waals surface area contributed by atoms with E-state index in [0.29, 0.717) is 23.5 Å². The summed E-state index contributed by atoms with van der Waals surface area (Å²) in [6.07, 6.45) is 0. The van der Waals surface area contributed by atoms with Gasteiger partial charge in [0.1, 0.15) is 11.3 Å². The number of hydrogen-bond acceptors (Lipinski definition) is 3. The van der Waals surface area contributed by atoms with Crippen LogP contribution in [0.4, 0.5) is 5.69 Å². The summed E-state index contributed by atoms with van der Waals surface area (Å²) in [4.78, 5) is 14.1. The van der Waals surface area contributed by atoms with Crippen molar-refractivity contribution in [2.24, 2.45) is 0 Å². The number of ether oxygens (including phenoxy) is 1. The molecular formula is C16H18N2O2. The molecule has 0 atom stereocenters. The van der Waals surface area contributed by atoms with E-state index in [2.05, 4.69) is 0 Å². The third-order valence-electron chi connectivity index (χ3n) is 3.10. The van der Waals surface area contributed by atoms with Crippen LogP contribution in [0.25, 0.3) is 0 Å². The molecule has 2 aromatic carbocycles. The number of benzene rings is 2. The van der Waals surface area contributed by atoms with Crippen LogP contribution < -0.4 is 10.5 Å². The van der Waals surface area contributed by atoms with Crippen LogP contribution in [-0.4, -0.2) is 25.0 Å². The summed E-state index contributed by atoms with van der Waals surface area (Å²) < 4.78 is 5.22. The molecule has 0 fully saturated rings. The predicted molar refractivity (Wildman–Crippen MR) is 79.6 cm³/mol. The molecule has 0 unspecified atom stereocenters. The molecule has 4 nitrogen and oxygen atoms in total. The average Bonchev–Trinajstić information content (AvgIpc) is 2.47. The maximum absolute atomic E-state index is 12.5. The maximum Gasteiger partial charge on any atom is 0.259 e. The van der Waals surface area contributed by atoms with Crippen LogP contribution in [0.5, 0.6) is 5.75 Å². The molecule has 0 spiro atoms. The minimum atomic E-state index is -0.149. The maximum atomic E-state index is 12.5. The van der Waals surface area contributed by atoms with Gasteiger partial charge >= 0.3 is 0 Å². The summed E-state index contributed by atoms with van der Waals surface area (Å²) in [6, 6.07) is 15.0. The van der Waals surface area contributed by atoms with Gasteiger partial charge in [-0.1, -0.05) is 36.4 Å². The zero-order valence-electron chi connectivity index (χ0n) is 11.7. The molecular weight excluding hydrogens is 252 g/mol. The van der Waals surface area contributed by atoms with Crippen molar-refractivity contribution in [3.05, 3.63) is 59.7 Å². The highest BCUT2D eigenvalue weighted by atomic mass is 16.5. The van der Waals surface area contributed by atoms with Crippen molar-refractivity contribution in [3.63, 3.8) is 0 Å². The number of carbonyl (C=O) groups excluding carboxylic acids is 1. The van der Waals surface area contributed by atoms with Crippen LogP contribution in [-0.2, 0) is 6.54 Å². The van der Waals surface area contributed by atoms with Crippen LogP contribution in [0, 0.1) is 0 Å². The number of carbonyl (C=O) groups is 1. The Balaban J connectivity index is 2.23. The van der Waals surface area contributed by atoms with Gasteiger partial charge in [-0.2, -0.15) is 0 Å². The van der Waals surface area contributed by atoms with E-state index in [1.165, 1.54) is 7.11 Å². The average molecular weight is 270 g/mol. The molecule has 20 heavy (non-hydrogen) atoms. The van der Waals surface area contributed by atoms with Gasteiger partial charge < -0.3 is 15.4 Å². The Hall–Kier alpha value is -2.49. The van der Waals surface area contributed by atoms with Gasteiger partial charge in [0.15, 0.2) is 0 Å². The predicted octanol–water partition coefficient (Wildman–Crippen LogP) is 2.55. The summed E-state index contributed by atoms with van der Waals surface area (Å²) in [6.45, 7) is 0.525. The minimum absolute atomic E-state index is 0.149. The van der Waals surface area contributed by atoms with Gasteiger partial charge in [0.25, 0.3) is 5.91 Å². The second-order valence-electron chi connectivity index (χ2n) is 4.57. The van der Waals surface area contributed by atoms with Gasteiger partial charge in [0.05, 0.1) is 7.11 Å². The van der Waals surface area contributed by atoms with Crippen molar-refractivity contribution in [1.29, 1.82) is 0 Å². The number of anilines is 1. The van der Waals surface area contributed by atoms with E-state index in [1.54, 1.807) is 30.1 Å². The summed E-state index contributed by atoms with van der Waals surface area (Å²) in [5, 5.41) is 0. The molecule has 0 bridgehead atoms. The summed E-state index contributed by atoms with van der Waals surface area (Å²) in [5.74, 6) is 0.346. The number of hydrogen-bond donors (Lipinski definition) is 1. The van der Waals surface area contributed by atoms with Crippen LogP contribution in [0.15, 0.2) is 48.5 Å². The zero-order chi connectivity index (χ0) is 14.5. The molecule has 1 amide bonds. The van der Waals surface area contributed by atoms with Crippen molar-refractivity contribution in [3.8, 4) is 5.75 Å². The SMILES string of the molecule is COc1cccc(N)c1C(=O)N(C)Cc1ccccc1. The van der Waals surface area contributed by atoms with E-state index in [1.807, 2.05) is 30.3 Å². The number of rotatable bonds is 4. The fraction of sp³-hybridized carbons (Fsp3) is 0.188. The van der Waals surface area contributed by atoms with Gasteiger partial charge in [-0.05, 0) is 17.7 Å². The number of nitrogens with two attached hydrogens (primary N) is 1. The van der Waals surface area contributed by atoms with Crippen molar-refractivity contribution in [2.75, 3.05) is 19.9 Å². The minimum Gasteiger partial charge on any atom is -0.496 e. The van der Waals surface area contributed by atoms with Crippen LogP contribution >= 0.6 is 0 Å². The van der Waals surface area contributed by atoms with E-state index in [9.17, 15) is 4.79 Å². The Morgan fingerprint density at radius 2 is 1.85 bits per heavy atom. The lowest BCUT2D eigenvalue weighted by atomic mass is 10.1. The molecule has 0 aliphatic rings. The third-order valence-corrected chi connectivity index (χ3v) is 3.10. The first-order valence-corrected chi connectivity index (χ1v) is 6.35. The number of nitrogens with zero attached hydrogens (tertiary/aromatic N) is 1. The largest absolute Gasteiger partial charge is 0.496 e. The van der Waals surface area contributed by atoms with Gasteiger partial charge in [-0.25, -0.2) is 0 Å². The molecule has 0 heterocycles. The van der Waals surface area contributed by atoms with Crippen LogP contribution in [0.2, 0.25) is 0 Å². The highest BCUT2D eigenvalue weighted by molar-refractivity contribution is 6.01. The monoisotopic (exact) mass is 270 g/mol. The summed E-state index contributed by atoms with van der Waals surface area (Å²) in [7, 11) is 3.28. The molecule has 0 saturated heterocycles. The highest BCUT2D eigenvalue weighted by Gasteiger charge is 2.19. The fourth-order valence-electron chi connectivity index (χ4n) is 2.07. The molecule has 0 saturated carbocycles. The zero-order valence-corrected chi connectivity index (χ0v) is 11.7. The first kappa shape index (κ1) is 13.9. The molecule has 2 aromatic rings. The molecule has 2 N–H and O–H groups in total. The number of amides is 1. The molecule has 4 heteroatoms. The number of methoxy groups -OCH3 is 1. The molecule has 0 aromatic heterocycles. The van der Waals surface area contributed by atoms with E-state index in [0.717, 1.165) is 5.56 Å². The van der Waals surface area contributed by atoms with Crippen molar-refractivity contribution in [1.82, 2.24) is 4.90 Å². The highest BCUT2D eigenvalue weighted by Crippen LogP contribution is 2.25. The Kier molecular flexibility index (Phi) is 4.25. The normalized spacial score (nSPS) is 10.1. The van der Waals surface area contributed by atoms with Gasteiger partial charge in [-0.3, -0.25) is 4.79 Å². The second kappa shape index (κ2) is 6.10. The number of nitrogen functional groups attached to an aromatic ring is 1.